The summed E-state index contributed by atoms with van der Waals surface area (Å²) in [7, 11) is 0. The van der Waals surface area contributed by atoms with Gasteiger partial charge in [0.2, 0.25) is 0 Å². The van der Waals surface area contributed by atoms with E-state index in [1.807, 2.05) is 64.6 Å². The number of fused-ring (bicyclic) bond motifs is 4. The van der Waals surface area contributed by atoms with Gasteiger partial charge in [0.25, 0.3) is 5.56 Å². The number of hydrogen-bond donors (Lipinski definition) is 0. The maximum atomic E-state index is 13.8. The van der Waals surface area contributed by atoms with Gasteiger partial charge in [-0.05, 0) is 43.5 Å². The van der Waals surface area contributed by atoms with E-state index in [4.69, 9.17) is 26.6 Å². The number of aromatic nitrogens is 5. The van der Waals surface area contributed by atoms with Crippen molar-refractivity contribution >= 4 is 44.8 Å². The van der Waals surface area contributed by atoms with Crippen molar-refractivity contribution in [2.75, 3.05) is 0 Å². The highest BCUT2D eigenvalue weighted by atomic mass is 35.5. The van der Waals surface area contributed by atoms with E-state index in [-0.39, 0.29) is 11.6 Å². The second kappa shape index (κ2) is 7.41. The van der Waals surface area contributed by atoms with Gasteiger partial charge in [0, 0.05) is 11.1 Å². The average Bonchev–Trinajstić information content (AvgIpc) is 3.41. The van der Waals surface area contributed by atoms with E-state index >= 15 is 0 Å². The Morgan fingerprint density at radius 2 is 1.62 bits per heavy atom. The summed E-state index contributed by atoms with van der Waals surface area (Å²) in [5.74, 6) is 0.738. The molecule has 32 heavy (non-hydrogen) atoms. The van der Waals surface area contributed by atoms with Crippen molar-refractivity contribution < 1.29 is 0 Å². The van der Waals surface area contributed by atoms with Gasteiger partial charge in [-0.25, -0.2) is 15.0 Å². The minimum absolute atomic E-state index is 0.0214. The monoisotopic (exact) mass is 443 g/mol. The van der Waals surface area contributed by atoms with E-state index in [1.54, 1.807) is 0 Å². The van der Waals surface area contributed by atoms with E-state index in [9.17, 15) is 4.79 Å². The molecule has 0 spiro atoms. The smallest absolute Gasteiger partial charge is 0.265 e. The van der Waals surface area contributed by atoms with Crippen molar-refractivity contribution in [2.24, 2.45) is 0 Å². The Balaban J connectivity index is 1.71. The minimum atomic E-state index is -0.0214. The van der Waals surface area contributed by atoms with Crippen molar-refractivity contribution in [1.29, 1.82) is 0 Å². The molecule has 2 aromatic carbocycles. The molecule has 1 aliphatic carbocycles. The number of hydrogen-bond acceptors (Lipinski definition) is 4. The van der Waals surface area contributed by atoms with Gasteiger partial charge in [-0.15, -0.1) is 0 Å². The highest BCUT2D eigenvalue weighted by molar-refractivity contribution is 6.31. The zero-order valence-electron chi connectivity index (χ0n) is 17.8. The molecule has 6 rings (SSSR count). The van der Waals surface area contributed by atoms with Crippen molar-refractivity contribution in [2.45, 2.75) is 45.2 Å². The van der Waals surface area contributed by atoms with E-state index < -0.39 is 0 Å². The molecule has 0 bridgehead atoms. The summed E-state index contributed by atoms with van der Waals surface area (Å²) >= 11 is 6.48. The van der Waals surface area contributed by atoms with Crippen LogP contribution in [0.25, 0.3) is 33.2 Å². The van der Waals surface area contributed by atoms with Crippen LogP contribution < -0.4 is 5.56 Å². The SMILES string of the molecule is Cc1nc2c(c(=O)n1C1CCCC1)c1nc3ccccc3nc1n2Cc1ccccc1Cl. The van der Waals surface area contributed by atoms with Gasteiger partial charge in [-0.3, -0.25) is 9.36 Å². The van der Waals surface area contributed by atoms with Gasteiger partial charge in [-0.2, -0.15) is 0 Å². The molecule has 7 heteroatoms. The van der Waals surface area contributed by atoms with E-state index in [2.05, 4.69) is 0 Å². The number of rotatable bonds is 3. The molecule has 0 saturated heterocycles. The number of para-hydroxylation sites is 2. The number of nitrogens with zero attached hydrogens (tertiary/aromatic N) is 5. The molecule has 1 fully saturated rings. The summed E-state index contributed by atoms with van der Waals surface area (Å²) in [6.45, 7) is 2.39. The molecule has 0 unspecified atom stereocenters. The minimum Gasteiger partial charge on any atom is -0.304 e. The van der Waals surface area contributed by atoms with Gasteiger partial charge in [0.1, 0.15) is 16.7 Å². The lowest BCUT2D eigenvalue weighted by Gasteiger charge is -2.16. The summed E-state index contributed by atoms with van der Waals surface area (Å²) in [5, 5.41) is 1.22. The predicted octanol–water partition coefficient (Wildman–Crippen LogP) is 5.42. The highest BCUT2D eigenvalue weighted by Gasteiger charge is 2.26. The Bertz CT molecular complexity index is 1560. The zero-order chi connectivity index (χ0) is 21.8. The van der Waals surface area contributed by atoms with Crippen molar-refractivity contribution in [3.63, 3.8) is 0 Å². The quantitative estimate of drug-likeness (QED) is 0.373. The van der Waals surface area contributed by atoms with Crippen LogP contribution in [0.4, 0.5) is 0 Å². The number of halogens is 1. The second-order valence-corrected chi connectivity index (χ2v) is 8.94. The molecule has 160 valence electrons. The molecular weight excluding hydrogens is 422 g/mol. The van der Waals surface area contributed by atoms with E-state index in [0.29, 0.717) is 33.8 Å². The summed E-state index contributed by atoms with van der Waals surface area (Å²) in [6.07, 6.45) is 4.32. The van der Waals surface area contributed by atoms with Crippen LogP contribution in [0.15, 0.2) is 53.3 Å². The first-order valence-corrected chi connectivity index (χ1v) is 11.4. The zero-order valence-corrected chi connectivity index (χ0v) is 18.5. The third-order valence-electron chi connectivity index (χ3n) is 6.55. The standard InChI is InChI=1S/C25H22ClN5O/c1-15-27-23-21(25(32)31(15)17-9-3-4-10-17)22-24(29-20-13-7-6-12-19(20)28-22)30(23)14-16-8-2-5-11-18(16)26/h2,5-8,11-13,17H,3-4,9-10,14H2,1H3. The van der Waals surface area contributed by atoms with Crippen molar-refractivity contribution in [1.82, 2.24) is 24.1 Å². The number of aryl methyl sites for hydroxylation is 1. The fraction of sp³-hybridized carbons (Fsp3) is 0.280. The first-order valence-electron chi connectivity index (χ1n) is 11.0. The first kappa shape index (κ1) is 19.4. The molecule has 1 aliphatic rings. The molecule has 3 heterocycles. The van der Waals surface area contributed by atoms with Crippen molar-refractivity contribution in [3.05, 3.63) is 75.3 Å². The summed E-state index contributed by atoms with van der Waals surface area (Å²) in [6, 6.07) is 15.7. The molecule has 5 aromatic rings. The average molecular weight is 444 g/mol. The third kappa shape index (κ3) is 2.93. The molecule has 1 saturated carbocycles. The molecule has 0 N–H and O–H groups in total. The molecule has 0 atom stereocenters. The Kier molecular flexibility index (Phi) is 4.50. The number of benzene rings is 2. The first-order chi connectivity index (χ1) is 15.6. The van der Waals surface area contributed by atoms with Crippen LogP contribution in [0.3, 0.4) is 0 Å². The molecule has 0 radical (unpaired) electrons. The largest absolute Gasteiger partial charge is 0.304 e. The Morgan fingerprint density at radius 1 is 0.938 bits per heavy atom. The topological polar surface area (TPSA) is 65.6 Å². The summed E-state index contributed by atoms with van der Waals surface area (Å²) < 4.78 is 3.87. The van der Waals surface area contributed by atoms with Crippen LogP contribution in [0, 0.1) is 6.92 Å². The molecular formula is C25H22ClN5O. The lowest BCUT2D eigenvalue weighted by Crippen LogP contribution is -2.27. The van der Waals surface area contributed by atoms with Gasteiger partial charge in [-0.1, -0.05) is 54.8 Å². The van der Waals surface area contributed by atoms with Crippen LogP contribution in [0.1, 0.15) is 43.1 Å². The summed E-state index contributed by atoms with van der Waals surface area (Å²) in [4.78, 5) is 28.6. The van der Waals surface area contributed by atoms with Gasteiger partial charge in [0.15, 0.2) is 11.3 Å². The normalized spacial score (nSPS) is 14.8. The fourth-order valence-electron chi connectivity index (χ4n) is 5.01. The summed E-state index contributed by atoms with van der Waals surface area (Å²) in [5.41, 5.74) is 4.36. The van der Waals surface area contributed by atoms with Crippen molar-refractivity contribution in [3.8, 4) is 0 Å². The Labute approximate surface area is 189 Å². The maximum Gasteiger partial charge on any atom is 0.265 e. The lowest BCUT2D eigenvalue weighted by molar-refractivity contribution is 0.485. The highest BCUT2D eigenvalue weighted by Crippen LogP contribution is 2.32. The molecule has 3 aromatic heterocycles. The van der Waals surface area contributed by atoms with Gasteiger partial charge in [0.05, 0.1) is 17.6 Å². The Morgan fingerprint density at radius 3 is 2.38 bits per heavy atom. The predicted molar refractivity (Wildman–Crippen MR) is 127 cm³/mol. The van der Waals surface area contributed by atoms with Crippen LogP contribution in [-0.2, 0) is 6.54 Å². The Hall–Kier alpha value is -3.25. The maximum absolute atomic E-state index is 13.8. The third-order valence-corrected chi connectivity index (χ3v) is 6.92. The van der Waals surface area contributed by atoms with Crippen LogP contribution in [-0.4, -0.2) is 24.1 Å². The fourth-order valence-corrected chi connectivity index (χ4v) is 5.21. The molecule has 0 amide bonds. The van der Waals surface area contributed by atoms with Crippen LogP contribution in [0.5, 0.6) is 0 Å². The molecule has 6 nitrogen and oxygen atoms in total. The van der Waals surface area contributed by atoms with E-state index in [0.717, 1.165) is 48.1 Å². The van der Waals surface area contributed by atoms with Crippen LogP contribution in [0.2, 0.25) is 5.02 Å². The molecule has 0 aliphatic heterocycles. The van der Waals surface area contributed by atoms with Gasteiger partial charge >= 0.3 is 0 Å². The van der Waals surface area contributed by atoms with Gasteiger partial charge < -0.3 is 4.57 Å². The van der Waals surface area contributed by atoms with E-state index in [1.165, 1.54) is 0 Å². The second-order valence-electron chi connectivity index (χ2n) is 8.53. The lowest BCUT2D eigenvalue weighted by atomic mass is 10.2. The van der Waals surface area contributed by atoms with Crippen LogP contribution >= 0.6 is 11.6 Å².